The van der Waals surface area contributed by atoms with Crippen molar-refractivity contribution in [2.24, 2.45) is 0 Å². The van der Waals surface area contributed by atoms with E-state index in [-0.39, 0.29) is 6.04 Å². The third-order valence-electron chi connectivity index (χ3n) is 4.75. The summed E-state index contributed by atoms with van der Waals surface area (Å²) in [5.41, 5.74) is 9.02. The molecule has 0 unspecified atom stereocenters. The van der Waals surface area contributed by atoms with Crippen LogP contribution >= 0.6 is 0 Å². The Kier molecular flexibility index (Phi) is 4.18. The maximum absolute atomic E-state index is 10.7. The number of aromatic nitrogens is 3. The molecule has 8 nitrogen and oxygen atoms in total. The smallest absolute Gasteiger partial charge is 0.448 e. The minimum atomic E-state index is -1.28. The first-order valence-corrected chi connectivity index (χ1v) is 8.46. The monoisotopic (exact) mass is 353 g/mol. The number of hydrogen-bond acceptors (Lipinski definition) is 6. The molecule has 26 heavy (non-hydrogen) atoms. The molecule has 0 aliphatic carbocycles. The number of anilines is 1. The van der Waals surface area contributed by atoms with Crippen molar-refractivity contribution in [2.45, 2.75) is 18.9 Å². The molecule has 3 aromatic rings. The molecule has 0 bridgehead atoms. The second-order valence-electron chi connectivity index (χ2n) is 6.29. The minimum absolute atomic E-state index is 0.193. The van der Waals surface area contributed by atoms with Crippen molar-refractivity contribution in [2.75, 3.05) is 18.8 Å². The van der Waals surface area contributed by atoms with Crippen LogP contribution in [0.2, 0.25) is 0 Å². The van der Waals surface area contributed by atoms with Crippen LogP contribution in [0.15, 0.2) is 42.9 Å². The molecule has 3 heterocycles. The number of hydrogen-bond donors (Lipinski definition) is 2. The number of benzene rings is 1. The van der Waals surface area contributed by atoms with E-state index in [9.17, 15) is 4.79 Å². The zero-order valence-electron chi connectivity index (χ0n) is 14.1. The molecular formula is C18H19N5O3. The number of rotatable bonds is 3. The Morgan fingerprint density at radius 1 is 1.19 bits per heavy atom. The highest BCUT2D eigenvalue weighted by Crippen LogP contribution is 2.36. The number of piperidine rings is 1. The molecule has 4 rings (SSSR count). The van der Waals surface area contributed by atoms with Gasteiger partial charge in [0.15, 0.2) is 0 Å². The minimum Gasteiger partial charge on any atom is -0.448 e. The molecule has 0 atom stereocenters. The Morgan fingerprint density at radius 2 is 1.92 bits per heavy atom. The summed E-state index contributed by atoms with van der Waals surface area (Å²) in [6.07, 6.45) is 3.79. The molecule has 0 saturated carbocycles. The summed E-state index contributed by atoms with van der Waals surface area (Å²) < 4.78 is 2.13. The molecule has 1 aliphatic heterocycles. The van der Waals surface area contributed by atoms with E-state index in [0.29, 0.717) is 18.9 Å². The molecule has 1 aliphatic rings. The van der Waals surface area contributed by atoms with Crippen LogP contribution in [-0.4, -0.2) is 43.9 Å². The van der Waals surface area contributed by atoms with Gasteiger partial charge in [0.1, 0.15) is 17.8 Å². The van der Waals surface area contributed by atoms with E-state index < -0.39 is 6.16 Å². The molecule has 0 amide bonds. The summed E-state index contributed by atoms with van der Waals surface area (Å²) in [6.45, 7) is 1.08. The van der Waals surface area contributed by atoms with Gasteiger partial charge in [0, 0.05) is 30.9 Å². The Hall–Kier alpha value is -3.13. The standard InChI is InChI=1S/C18H19N5O3/c19-16-15-14(12-4-2-1-3-5-12)10-23(17(15)21-11-20-16)13-6-8-22(9-7-13)26-18(24)25/h1-5,10-11,13H,6-9H2,(H,24,25)(H2,19,20,21). The zero-order valence-corrected chi connectivity index (χ0v) is 14.1. The molecule has 2 aromatic heterocycles. The highest BCUT2D eigenvalue weighted by Gasteiger charge is 2.26. The predicted octanol–water partition coefficient (Wildman–Crippen LogP) is 2.93. The van der Waals surface area contributed by atoms with Crippen LogP contribution in [-0.2, 0) is 4.84 Å². The van der Waals surface area contributed by atoms with Crippen LogP contribution in [0.3, 0.4) is 0 Å². The van der Waals surface area contributed by atoms with E-state index in [1.165, 1.54) is 11.4 Å². The predicted molar refractivity (Wildman–Crippen MR) is 96.3 cm³/mol. The average molecular weight is 353 g/mol. The Balaban J connectivity index is 1.71. The van der Waals surface area contributed by atoms with Gasteiger partial charge in [-0.25, -0.2) is 14.8 Å². The van der Waals surface area contributed by atoms with E-state index in [4.69, 9.17) is 15.7 Å². The molecule has 1 fully saturated rings. The van der Waals surface area contributed by atoms with Crippen molar-refractivity contribution in [1.82, 2.24) is 19.6 Å². The lowest BCUT2D eigenvalue weighted by atomic mass is 10.1. The molecule has 134 valence electrons. The summed E-state index contributed by atoms with van der Waals surface area (Å²) in [6, 6.07) is 10.2. The maximum Gasteiger partial charge on any atom is 0.525 e. The van der Waals surface area contributed by atoms with E-state index in [0.717, 1.165) is 35.0 Å². The van der Waals surface area contributed by atoms with E-state index in [1.807, 2.05) is 30.3 Å². The second kappa shape index (κ2) is 6.64. The van der Waals surface area contributed by atoms with Crippen molar-refractivity contribution in [3.8, 4) is 11.1 Å². The van der Waals surface area contributed by atoms with Crippen LogP contribution in [0.1, 0.15) is 18.9 Å². The summed E-state index contributed by atoms with van der Waals surface area (Å²) in [5, 5.41) is 11.1. The largest absolute Gasteiger partial charge is 0.525 e. The Bertz CT molecular complexity index is 933. The van der Waals surface area contributed by atoms with Gasteiger partial charge in [-0.15, -0.1) is 5.06 Å². The van der Waals surface area contributed by atoms with Crippen LogP contribution in [0.5, 0.6) is 0 Å². The highest BCUT2D eigenvalue weighted by molar-refractivity contribution is 6.00. The number of hydroxylamine groups is 2. The van der Waals surface area contributed by atoms with Gasteiger partial charge < -0.3 is 20.2 Å². The van der Waals surface area contributed by atoms with Gasteiger partial charge in [-0.1, -0.05) is 30.3 Å². The fourth-order valence-electron chi connectivity index (χ4n) is 3.55. The summed E-state index contributed by atoms with van der Waals surface area (Å²) in [7, 11) is 0. The van der Waals surface area contributed by atoms with Crippen LogP contribution < -0.4 is 5.73 Å². The normalized spacial score (nSPS) is 16.0. The van der Waals surface area contributed by atoms with E-state index in [1.54, 1.807) is 0 Å². The van der Waals surface area contributed by atoms with Crippen LogP contribution in [0, 0.1) is 0 Å². The molecule has 8 heteroatoms. The van der Waals surface area contributed by atoms with Crippen molar-refractivity contribution in [3.63, 3.8) is 0 Å². The Labute approximate surface area is 149 Å². The van der Waals surface area contributed by atoms with Crippen molar-refractivity contribution in [3.05, 3.63) is 42.9 Å². The van der Waals surface area contributed by atoms with E-state index in [2.05, 4.69) is 20.7 Å². The van der Waals surface area contributed by atoms with Gasteiger partial charge in [0.2, 0.25) is 0 Å². The zero-order chi connectivity index (χ0) is 18.1. The topological polar surface area (TPSA) is 107 Å². The van der Waals surface area contributed by atoms with Gasteiger partial charge >= 0.3 is 6.16 Å². The molecule has 3 N–H and O–H groups in total. The Morgan fingerprint density at radius 3 is 2.62 bits per heavy atom. The lowest BCUT2D eigenvalue weighted by molar-refractivity contribution is -0.134. The molecule has 1 saturated heterocycles. The summed E-state index contributed by atoms with van der Waals surface area (Å²) >= 11 is 0. The number of carbonyl (C=O) groups is 1. The van der Waals surface area contributed by atoms with Gasteiger partial charge in [-0.05, 0) is 18.4 Å². The van der Waals surface area contributed by atoms with Crippen LogP contribution in [0.25, 0.3) is 22.2 Å². The maximum atomic E-state index is 10.7. The van der Waals surface area contributed by atoms with Crippen molar-refractivity contribution in [1.29, 1.82) is 0 Å². The fourth-order valence-corrected chi connectivity index (χ4v) is 3.55. The van der Waals surface area contributed by atoms with Gasteiger partial charge in [0.05, 0.1) is 5.39 Å². The van der Waals surface area contributed by atoms with Gasteiger partial charge in [0.25, 0.3) is 0 Å². The molecule has 0 spiro atoms. The number of nitrogens with two attached hydrogens (primary N) is 1. The lowest BCUT2D eigenvalue weighted by Gasteiger charge is -2.30. The fraction of sp³-hybridized carbons (Fsp3) is 0.278. The summed E-state index contributed by atoms with van der Waals surface area (Å²) in [4.78, 5) is 24.1. The lowest BCUT2D eigenvalue weighted by Crippen LogP contribution is -2.36. The molecule has 1 aromatic carbocycles. The number of nitrogens with zero attached hydrogens (tertiary/aromatic N) is 4. The first-order valence-electron chi connectivity index (χ1n) is 8.46. The number of fused-ring (bicyclic) bond motifs is 1. The van der Waals surface area contributed by atoms with Gasteiger partial charge in [-0.3, -0.25) is 0 Å². The number of nitrogen functional groups attached to an aromatic ring is 1. The first kappa shape index (κ1) is 16.3. The van der Waals surface area contributed by atoms with Crippen molar-refractivity contribution < 1.29 is 14.7 Å². The highest BCUT2D eigenvalue weighted by atomic mass is 16.8. The van der Waals surface area contributed by atoms with Crippen LogP contribution in [0.4, 0.5) is 10.6 Å². The average Bonchev–Trinajstić information content (AvgIpc) is 3.04. The number of carboxylic acid groups (broad SMARTS) is 1. The summed E-state index contributed by atoms with van der Waals surface area (Å²) in [5.74, 6) is 0.458. The first-order chi connectivity index (χ1) is 12.6. The SMILES string of the molecule is Nc1ncnc2c1c(-c1ccccc1)cn2C1CCN(OC(=O)O)CC1. The van der Waals surface area contributed by atoms with E-state index >= 15 is 0 Å². The van der Waals surface area contributed by atoms with Gasteiger partial charge in [-0.2, -0.15) is 0 Å². The van der Waals surface area contributed by atoms with Crippen molar-refractivity contribution >= 4 is 23.0 Å². The molecule has 0 radical (unpaired) electrons. The second-order valence-corrected chi connectivity index (χ2v) is 6.29. The quantitative estimate of drug-likeness (QED) is 0.745. The third kappa shape index (κ3) is 2.95. The third-order valence-corrected chi connectivity index (χ3v) is 4.75. The molecular weight excluding hydrogens is 334 g/mol.